The number of carbonyl (C=O) groups is 2. The van der Waals surface area contributed by atoms with Gasteiger partial charge in [0.2, 0.25) is 0 Å². The zero-order valence-electron chi connectivity index (χ0n) is 14.8. The number of hydrogen-bond acceptors (Lipinski definition) is 5. The van der Waals surface area contributed by atoms with E-state index in [9.17, 15) is 9.59 Å². The highest BCUT2D eigenvalue weighted by Crippen LogP contribution is 2.27. The molecule has 0 aliphatic carbocycles. The molecule has 144 valence electrons. The molecule has 1 aliphatic rings. The van der Waals surface area contributed by atoms with E-state index in [1.54, 1.807) is 30.3 Å². The van der Waals surface area contributed by atoms with Crippen molar-refractivity contribution in [1.29, 1.82) is 0 Å². The van der Waals surface area contributed by atoms with Crippen molar-refractivity contribution >= 4 is 52.5 Å². The molecule has 2 heterocycles. The zero-order chi connectivity index (χ0) is 20.4. The Morgan fingerprint density at radius 2 is 1.66 bits per heavy atom. The first kappa shape index (κ1) is 18.9. The van der Waals surface area contributed by atoms with Gasteiger partial charge in [-0.05, 0) is 78.4 Å². The number of rotatable bonds is 4. The summed E-state index contributed by atoms with van der Waals surface area (Å²) in [4.78, 5) is 26.4. The fourth-order valence-electron chi connectivity index (χ4n) is 2.73. The second-order valence-electron chi connectivity index (χ2n) is 6.01. The predicted octanol–water partition coefficient (Wildman–Crippen LogP) is 4.56. The van der Waals surface area contributed by atoms with Gasteiger partial charge in [-0.15, -0.1) is 0 Å². The van der Waals surface area contributed by atoms with E-state index in [2.05, 4.69) is 5.32 Å². The lowest BCUT2D eigenvalue weighted by Crippen LogP contribution is -2.54. The number of halogens is 1. The minimum absolute atomic E-state index is 0.00800. The van der Waals surface area contributed by atoms with Crippen LogP contribution in [-0.4, -0.2) is 16.9 Å². The van der Waals surface area contributed by atoms with E-state index in [-0.39, 0.29) is 21.7 Å². The first-order valence-electron chi connectivity index (χ1n) is 8.51. The van der Waals surface area contributed by atoms with Crippen LogP contribution < -0.4 is 15.0 Å². The summed E-state index contributed by atoms with van der Waals surface area (Å²) in [5, 5.41) is 2.66. The molecule has 8 heteroatoms. The zero-order valence-corrected chi connectivity index (χ0v) is 16.4. The number of nitrogens with zero attached hydrogens (tertiary/aromatic N) is 1. The van der Waals surface area contributed by atoms with Crippen LogP contribution in [0.2, 0.25) is 5.22 Å². The summed E-state index contributed by atoms with van der Waals surface area (Å²) < 4.78 is 11.0. The van der Waals surface area contributed by atoms with Crippen LogP contribution in [0, 0.1) is 0 Å². The standard InChI is InChI=1S/C21H13ClN2O4S/c22-18-11-10-16(28-18)12-17-19(25)23-21(29)24(20(17)26)13-6-8-15(9-7-13)27-14-4-2-1-3-5-14/h1-12H,(H,23,25,29)/b17-12+. The Kier molecular flexibility index (Phi) is 5.16. The van der Waals surface area contributed by atoms with Crippen LogP contribution in [0.1, 0.15) is 5.76 Å². The van der Waals surface area contributed by atoms with Crippen LogP contribution in [0.3, 0.4) is 0 Å². The molecule has 0 bridgehead atoms. The summed E-state index contributed by atoms with van der Waals surface area (Å²) in [6.07, 6.45) is 1.32. The average molecular weight is 425 g/mol. The van der Waals surface area contributed by atoms with Crippen LogP contribution >= 0.6 is 23.8 Å². The third kappa shape index (κ3) is 4.06. The fourth-order valence-corrected chi connectivity index (χ4v) is 3.16. The van der Waals surface area contributed by atoms with Crippen LogP contribution in [0.15, 0.2) is 76.7 Å². The lowest BCUT2D eigenvalue weighted by molar-refractivity contribution is -0.122. The third-order valence-corrected chi connectivity index (χ3v) is 4.54. The summed E-state index contributed by atoms with van der Waals surface area (Å²) >= 11 is 10.9. The van der Waals surface area contributed by atoms with Gasteiger partial charge in [0.1, 0.15) is 22.8 Å². The third-order valence-electron chi connectivity index (χ3n) is 4.06. The number of para-hydroxylation sites is 1. The molecule has 0 saturated carbocycles. The molecule has 1 saturated heterocycles. The SMILES string of the molecule is O=C1NC(=S)N(c2ccc(Oc3ccccc3)cc2)C(=O)/C1=C/c1ccc(Cl)o1. The van der Waals surface area contributed by atoms with Crippen molar-refractivity contribution in [2.24, 2.45) is 0 Å². The smallest absolute Gasteiger partial charge is 0.270 e. The number of thiocarbonyl (C=S) groups is 1. The first-order chi connectivity index (χ1) is 14.0. The van der Waals surface area contributed by atoms with E-state index in [1.165, 1.54) is 17.0 Å². The summed E-state index contributed by atoms with van der Waals surface area (Å²) in [7, 11) is 0. The maximum absolute atomic E-state index is 12.9. The number of carbonyl (C=O) groups excluding carboxylic acids is 2. The minimum atomic E-state index is -0.604. The Labute approximate surface area is 176 Å². The Hall–Kier alpha value is -3.42. The molecule has 3 aromatic rings. The molecule has 2 amide bonds. The Morgan fingerprint density at radius 3 is 2.31 bits per heavy atom. The molecule has 1 fully saturated rings. The molecule has 29 heavy (non-hydrogen) atoms. The molecular weight excluding hydrogens is 412 g/mol. The maximum atomic E-state index is 12.9. The molecule has 0 radical (unpaired) electrons. The van der Waals surface area contributed by atoms with Gasteiger partial charge in [0, 0.05) is 0 Å². The highest BCUT2D eigenvalue weighted by Gasteiger charge is 2.34. The highest BCUT2D eigenvalue weighted by molar-refractivity contribution is 7.80. The van der Waals surface area contributed by atoms with Gasteiger partial charge in [-0.25, -0.2) is 0 Å². The fraction of sp³-hybridized carbons (Fsp3) is 0. The van der Waals surface area contributed by atoms with E-state index in [0.717, 1.165) is 0 Å². The lowest BCUT2D eigenvalue weighted by atomic mass is 10.1. The van der Waals surface area contributed by atoms with Gasteiger partial charge in [0.15, 0.2) is 10.3 Å². The number of anilines is 1. The summed E-state index contributed by atoms with van der Waals surface area (Å²) in [5.41, 5.74) is 0.373. The Balaban J connectivity index is 1.59. The number of amides is 2. The average Bonchev–Trinajstić information content (AvgIpc) is 3.12. The molecule has 1 aromatic heterocycles. The Morgan fingerprint density at radius 1 is 0.966 bits per heavy atom. The second-order valence-corrected chi connectivity index (χ2v) is 6.77. The van der Waals surface area contributed by atoms with Gasteiger partial charge in [-0.2, -0.15) is 0 Å². The summed E-state index contributed by atoms with van der Waals surface area (Å²) in [6, 6.07) is 19.2. The van der Waals surface area contributed by atoms with Crippen molar-refractivity contribution in [1.82, 2.24) is 5.32 Å². The van der Waals surface area contributed by atoms with Gasteiger partial charge < -0.3 is 9.15 Å². The summed E-state index contributed by atoms with van der Waals surface area (Å²) in [5.74, 6) is 0.406. The number of nitrogens with one attached hydrogen (secondary N) is 1. The van der Waals surface area contributed by atoms with E-state index >= 15 is 0 Å². The van der Waals surface area contributed by atoms with E-state index in [1.807, 2.05) is 30.3 Å². The number of hydrogen-bond donors (Lipinski definition) is 1. The monoisotopic (exact) mass is 424 g/mol. The van der Waals surface area contributed by atoms with Gasteiger partial charge in [-0.3, -0.25) is 19.8 Å². The largest absolute Gasteiger partial charge is 0.457 e. The number of benzene rings is 2. The lowest BCUT2D eigenvalue weighted by Gasteiger charge is -2.28. The second kappa shape index (κ2) is 7.90. The van der Waals surface area contributed by atoms with Gasteiger partial charge in [-0.1, -0.05) is 18.2 Å². The van der Waals surface area contributed by atoms with Gasteiger partial charge >= 0.3 is 0 Å². The van der Waals surface area contributed by atoms with E-state index < -0.39 is 11.8 Å². The van der Waals surface area contributed by atoms with Crippen LogP contribution in [-0.2, 0) is 9.59 Å². The number of furan rings is 1. The maximum Gasteiger partial charge on any atom is 0.270 e. The molecule has 0 atom stereocenters. The van der Waals surface area contributed by atoms with E-state index in [4.69, 9.17) is 33.0 Å². The number of ether oxygens (including phenoxy) is 1. The van der Waals surface area contributed by atoms with Crippen molar-refractivity contribution in [3.63, 3.8) is 0 Å². The normalized spacial score (nSPS) is 15.6. The predicted molar refractivity (Wildman–Crippen MR) is 113 cm³/mol. The molecule has 0 unspecified atom stereocenters. The summed E-state index contributed by atoms with van der Waals surface area (Å²) in [6.45, 7) is 0. The quantitative estimate of drug-likeness (QED) is 0.377. The molecule has 4 rings (SSSR count). The van der Waals surface area contributed by atoms with Crippen LogP contribution in [0.25, 0.3) is 6.08 Å². The van der Waals surface area contributed by atoms with Crippen molar-refractivity contribution < 1.29 is 18.7 Å². The molecule has 1 aliphatic heterocycles. The van der Waals surface area contributed by atoms with E-state index in [0.29, 0.717) is 17.2 Å². The molecule has 1 N–H and O–H groups in total. The highest BCUT2D eigenvalue weighted by atomic mass is 35.5. The molecule has 2 aromatic carbocycles. The van der Waals surface area contributed by atoms with Crippen molar-refractivity contribution in [3.05, 3.63) is 83.3 Å². The molecule has 0 spiro atoms. The van der Waals surface area contributed by atoms with Gasteiger partial charge in [0.25, 0.3) is 11.8 Å². The van der Waals surface area contributed by atoms with Crippen LogP contribution in [0.5, 0.6) is 11.5 Å². The van der Waals surface area contributed by atoms with Gasteiger partial charge in [0.05, 0.1) is 5.69 Å². The Bertz CT molecular complexity index is 1120. The van der Waals surface area contributed by atoms with Crippen molar-refractivity contribution in [2.45, 2.75) is 0 Å². The topological polar surface area (TPSA) is 71.8 Å². The van der Waals surface area contributed by atoms with Crippen molar-refractivity contribution in [3.8, 4) is 11.5 Å². The minimum Gasteiger partial charge on any atom is -0.457 e. The molecule has 6 nitrogen and oxygen atoms in total. The molecular formula is C21H13ClN2O4S. The van der Waals surface area contributed by atoms with Crippen molar-refractivity contribution in [2.75, 3.05) is 4.90 Å². The first-order valence-corrected chi connectivity index (χ1v) is 9.29. The van der Waals surface area contributed by atoms with Crippen LogP contribution in [0.4, 0.5) is 5.69 Å².